The van der Waals surface area contributed by atoms with Crippen LogP contribution in [-0.4, -0.2) is 34.8 Å². The molecule has 4 nitrogen and oxygen atoms in total. The molecule has 0 saturated heterocycles. The van der Waals surface area contributed by atoms with Gasteiger partial charge in [0.25, 0.3) is 5.91 Å². The van der Waals surface area contributed by atoms with Gasteiger partial charge in [0.1, 0.15) is 10.2 Å². The van der Waals surface area contributed by atoms with Crippen molar-refractivity contribution in [2.24, 2.45) is 5.92 Å². The molecule has 2 amide bonds. The molecule has 2 aromatic carbocycles. The molecule has 1 fully saturated rings. The number of carbonyl (C=O) groups excluding carboxylic acids is 2. The summed E-state index contributed by atoms with van der Waals surface area (Å²) in [4.78, 5) is 24.6. The molecule has 0 aliphatic heterocycles. The van der Waals surface area contributed by atoms with E-state index in [0.717, 1.165) is 6.07 Å². The Morgan fingerprint density at radius 2 is 1.60 bits per heavy atom. The molecule has 1 aliphatic rings. The van der Waals surface area contributed by atoms with E-state index >= 15 is 0 Å². The largest absolute Gasteiger partial charge is 0.455 e. The molecule has 1 aliphatic carbocycles. The van der Waals surface area contributed by atoms with Crippen LogP contribution in [0.5, 0.6) is 0 Å². The Hall–Kier alpha value is -2.31. The maximum absolute atomic E-state index is 14.0. The van der Waals surface area contributed by atoms with Crippen LogP contribution in [0, 0.1) is 23.4 Å². The highest BCUT2D eigenvalue weighted by Crippen LogP contribution is 2.65. The number of alkyl halides is 7. The van der Waals surface area contributed by atoms with E-state index in [2.05, 4.69) is 5.32 Å². The zero-order valence-corrected chi connectivity index (χ0v) is 19.0. The third-order valence-corrected chi connectivity index (χ3v) is 6.29. The van der Waals surface area contributed by atoms with Gasteiger partial charge in [-0.25, -0.2) is 13.2 Å². The van der Waals surface area contributed by atoms with Gasteiger partial charge >= 0.3 is 12.1 Å². The summed E-state index contributed by atoms with van der Waals surface area (Å²) in [7, 11) is 0. The molecule has 0 radical (unpaired) electrons. The number of nitrogens with one attached hydrogen (secondary N) is 2. The van der Waals surface area contributed by atoms with E-state index in [4.69, 9.17) is 34.8 Å². The number of carbonyl (C=O) groups is 2. The molecular weight excluding hydrogens is 559 g/mol. The van der Waals surface area contributed by atoms with Crippen LogP contribution in [0.2, 0.25) is 5.02 Å². The maximum Gasteiger partial charge on any atom is 0.455 e. The third-order valence-electron chi connectivity index (χ3n) is 5.06. The minimum atomic E-state index is -5.99. The zero-order chi connectivity index (χ0) is 26.5. The van der Waals surface area contributed by atoms with Gasteiger partial charge in [-0.2, -0.15) is 22.0 Å². The Bertz CT molecular complexity index is 1190. The lowest BCUT2D eigenvalue weighted by Gasteiger charge is -2.20. The first-order valence-electron chi connectivity index (χ1n) is 9.32. The van der Waals surface area contributed by atoms with Crippen LogP contribution in [0.3, 0.4) is 0 Å². The number of halogens is 11. The van der Waals surface area contributed by atoms with Gasteiger partial charge in [0.05, 0.1) is 23.0 Å². The van der Waals surface area contributed by atoms with E-state index in [9.17, 15) is 44.7 Å². The van der Waals surface area contributed by atoms with E-state index < -0.39 is 75.3 Å². The number of amides is 2. The van der Waals surface area contributed by atoms with E-state index in [-0.39, 0.29) is 10.6 Å². The highest BCUT2D eigenvalue weighted by Gasteiger charge is 2.67. The summed E-state index contributed by atoms with van der Waals surface area (Å²) in [5.41, 5.74) is -1.51. The van der Waals surface area contributed by atoms with E-state index in [1.807, 2.05) is 0 Å². The second kappa shape index (κ2) is 9.29. The lowest BCUT2D eigenvalue weighted by atomic mass is 10.1. The van der Waals surface area contributed by atoms with Crippen molar-refractivity contribution in [2.75, 3.05) is 11.9 Å². The molecule has 3 rings (SSSR count). The van der Waals surface area contributed by atoms with Gasteiger partial charge in [0.15, 0.2) is 11.6 Å². The predicted molar refractivity (Wildman–Crippen MR) is 110 cm³/mol. The summed E-state index contributed by atoms with van der Waals surface area (Å²) < 4.78 is 102. The number of hydrogen-bond donors (Lipinski definition) is 2. The highest BCUT2D eigenvalue weighted by molar-refractivity contribution is 6.53. The summed E-state index contributed by atoms with van der Waals surface area (Å²) in [6.07, 6.45) is -5.99. The van der Waals surface area contributed by atoms with Gasteiger partial charge in [0, 0.05) is 17.7 Å². The highest BCUT2D eigenvalue weighted by atomic mass is 35.5. The Kier molecular flexibility index (Phi) is 7.24. The van der Waals surface area contributed by atoms with Crippen LogP contribution in [0.25, 0.3) is 0 Å². The summed E-state index contributed by atoms with van der Waals surface area (Å²) in [5.74, 6) is -14.5. The first-order chi connectivity index (χ1) is 16.0. The smallest absolute Gasteiger partial charge is 0.346 e. The number of hydrogen-bond acceptors (Lipinski definition) is 2. The van der Waals surface area contributed by atoms with Gasteiger partial charge in [-0.1, -0.05) is 17.7 Å². The summed E-state index contributed by atoms with van der Waals surface area (Å²) in [6, 6.07) is 4.43. The predicted octanol–water partition coefficient (Wildman–Crippen LogP) is 6.21. The Morgan fingerprint density at radius 1 is 0.971 bits per heavy atom. The van der Waals surface area contributed by atoms with Crippen LogP contribution < -0.4 is 10.6 Å². The minimum Gasteiger partial charge on any atom is -0.346 e. The fourth-order valence-corrected chi connectivity index (χ4v) is 4.22. The number of rotatable bonds is 6. The lowest BCUT2D eigenvalue weighted by Crippen LogP contribution is -2.46. The second-order valence-corrected chi connectivity index (χ2v) is 9.35. The molecule has 2 aromatic rings. The molecule has 2 N–H and O–H groups in total. The number of benzene rings is 2. The van der Waals surface area contributed by atoms with E-state index in [0.29, 0.717) is 12.1 Å². The normalized spacial score (nSPS) is 19.3. The molecule has 0 aromatic heterocycles. The van der Waals surface area contributed by atoms with Crippen molar-refractivity contribution < 1.29 is 44.7 Å². The standard InChI is InChI=1S/C20H11Cl3F8N2O2/c21-10-3-7(1-2-11(10)24)13-14(19(13,22)23)17(35)33-8-4-9(15(26)12(25)5-8)16(34)32-6-18(27,28)20(29,30)31/h1-5,13-14H,6H2,(H,32,34)(H,33,35). The molecular formula is C20H11Cl3F8N2O2. The van der Waals surface area contributed by atoms with Gasteiger partial charge in [-0.3, -0.25) is 9.59 Å². The van der Waals surface area contributed by atoms with Crippen LogP contribution in [-0.2, 0) is 4.79 Å². The average Bonchev–Trinajstić information content (AvgIpc) is 3.32. The molecule has 0 bridgehead atoms. The van der Waals surface area contributed by atoms with Crippen molar-refractivity contribution in [2.45, 2.75) is 22.4 Å². The molecule has 0 heterocycles. The molecule has 35 heavy (non-hydrogen) atoms. The van der Waals surface area contributed by atoms with Crippen molar-refractivity contribution in [3.8, 4) is 0 Å². The fourth-order valence-electron chi connectivity index (χ4n) is 3.21. The molecule has 0 spiro atoms. The second-order valence-electron chi connectivity index (χ2n) is 7.50. The van der Waals surface area contributed by atoms with Gasteiger partial charge < -0.3 is 10.6 Å². The van der Waals surface area contributed by atoms with Crippen LogP contribution >= 0.6 is 34.8 Å². The monoisotopic (exact) mass is 568 g/mol. The average molecular weight is 570 g/mol. The van der Waals surface area contributed by atoms with Crippen molar-refractivity contribution in [1.29, 1.82) is 0 Å². The SMILES string of the molecule is O=C(NCC(F)(F)C(F)(F)F)c1cc(NC(=O)C2C(c3ccc(F)c(Cl)c3)C2(Cl)Cl)cc(F)c1F. The first-order valence-corrected chi connectivity index (χ1v) is 10.5. The summed E-state index contributed by atoms with van der Waals surface area (Å²) in [6.45, 7) is -2.24. The van der Waals surface area contributed by atoms with E-state index in [1.165, 1.54) is 17.4 Å². The molecule has 2 unspecified atom stereocenters. The molecule has 15 heteroatoms. The zero-order valence-electron chi connectivity index (χ0n) is 16.7. The van der Waals surface area contributed by atoms with Gasteiger partial charge in [-0.15, -0.1) is 23.2 Å². The lowest BCUT2D eigenvalue weighted by molar-refractivity contribution is -0.278. The molecule has 1 saturated carbocycles. The van der Waals surface area contributed by atoms with Crippen molar-refractivity contribution >= 4 is 52.3 Å². The first kappa shape index (κ1) is 27.3. The Balaban J connectivity index is 1.78. The van der Waals surface area contributed by atoms with E-state index in [1.54, 1.807) is 0 Å². The van der Waals surface area contributed by atoms with Crippen molar-refractivity contribution in [3.63, 3.8) is 0 Å². The summed E-state index contributed by atoms with van der Waals surface area (Å²) >= 11 is 18.0. The Morgan fingerprint density at radius 3 is 2.17 bits per heavy atom. The maximum atomic E-state index is 14.0. The fraction of sp³-hybridized carbons (Fsp3) is 0.300. The van der Waals surface area contributed by atoms with Gasteiger partial charge in [-0.05, 0) is 23.8 Å². The van der Waals surface area contributed by atoms with Crippen LogP contribution in [0.15, 0.2) is 30.3 Å². The molecule has 190 valence electrons. The van der Waals surface area contributed by atoms with Crippen molar-refractivity contribution in [1.82, 2.24) is 5.32 Å². The quantitative estimate of drug-likeness (QED) is 0.321. The Labute approximate surface area is 206 Å². The number of anilines is 1. The van der Waals surface area contributed by atoms with Crippen molar-refractivity contribution in [3.05, 3.63) is 63.9 Å². The third kappa shape index (κ3) is 5.44. The van der Waals surface area contributed by atoms with Gasteiger partial charge in [0.2, 0.25) is 5.91 Å². The van der Waals surface area contributed by atoms with Crippen LogP contribution in [0.4, 0.5) is 40.8 Å². The van der Waals surface area contributed by atoms with Crippen LogP contribution in [0.1, 0.15) is 21.8 Å². The summed E-state index contributed by atoms with van der Waals surface area (Å²) in [5, 5.41) is 3.01. The minimum absolute atomic E-state index is 0.273. The topological polar surface area (TPSA) is 58.2 Å². The molecule has 2 atom stereocenters.